The number of hydrogen-bond acceptors (Lipinski definition) is 5. The van der Waals surface area contributed by atoms with Gasteiger partial charge in [-0.2, -0.15) is 0 Å². The van der Waals surface area contributed by atoms with E-state index in [-0.39, 0.29) is 5.91 Å². The maximum absolute atomic E-state index is 13.1. The van der Waals surface area contributed by atoms with Crippen LogP contribution in [0.1, 0.15) is 54.0 Å². The van der Waals surface area contributed by atoms with Crippen molar-refractivity contribution in [2.75, 3.05) is 32.1 Å². The zero-order chi connectivity index (χ0) is 24.6. The maximum atomic E-state index is 13.1. The molecule has 0 aliphatic carbocycles. The van der Waals surface area contributed by atoms with Crippen LogP contribution >= 0.6 is 23.6 Å². The molecular formula is C27H32N4O2S2. The molecule has 2 aromatic carbocycles. The molecule has 2 heterocycles. The number of unbranched alkanes of at least 4 members (excludes halogenated alkanes) is 1. The van der Waals surface area contributed by atoms with Crippen LogP contribution in [0, 0.1) is 0 Å². The van der Waals surface area contributed by atoms with Crippen LogP contribution in [0.2, 0.25) is 0 Å². The van der Waals surface area contributed by atoms with Gasteiger partial charge >= 0.3 is 0 Å². The fraction of sp³-hybridized carbons (Fsp3) is 0.370. The Morgan fingerprint density at radius 1 is 1.20 bits per heavy atom. The van der Waals surface area contributed by atoms with Crippen molar-refractivity contribution in [1.82, 2.24) is 15.2 Å². The van der Waals surface area contributed by atoms with Gasteiger partial charge in [-0.05, 0) is 49.2 Å². The zero-order valence-electron chi connectivity index (χ0n) is 20.3. The summed E-state index contributed by atoms with van der Waals surface area (Å²) in [4.78, 5) is 20.1. The second kappa shape index (κ2) is 12.1. The van der Waals surface area contributed by atoms with Crippen molar-refractivity contribution in [2.24, 2.45) is 0 Å². The number of nitrogens with zero attached hydrogens (tertiary/aromatic N) is 2. The number of thiocarbonyl (C=S) groups is 1. The first-order valence-corrected chi connectivity index (χ1v) is 13.4. The average Bonchev–Trinajstić information content (AvgIpc) is 3.40. The number of rotatable bonds is 8. The number of methoxy groups -OCH3 is 1. The van der Waals surface area contributed by atoms with E-state index in [9.17, 15) is 4.79 Å². The van der Waals surface area contributed by atoms with Crippen LogP contribution in [0.3, 0.4) is 0 Å². The van der Waals surface area contributed by atoms with E-state index >= 15 is 0 Å². The lowest BCUT2D eigenvalue weighted by molar-refractivity contribution is 0.102. The molecule has 35 heavy (non-hydrogen) atoms. The van der Waals surface area contributed by atoms with Crippen molar-refractivity contribution in [3.63, 3.8) is 0 Å². The summed E-state index contributed by atoms with van der Waals surface area (Å²) in [7, 11) is 1.62. The first-order chi connectivity index (χ1) is 17.1. The monoisotopic (exact) mass is 508 g/mol. The van der Waals surface area contributed by atoms with Crippen LogP contribution in [0.5, 0.6) is 5.75 Å². The van der Waals surface area contributed by atoms with Crippen LogP contribution in [0.25, 0.3) is 11.1 Å². The number of piperidine rings is 1. The second-order valence-corrected chi connectivity index (χ2v) is 9.93. The number of anilines is 1. The van der Waals surface area contributed by atoms with Gasteiger partial charge in [0.05, 0.1) is 17.8 Å². The van der Waals surface area contributed by atoms with E-state index in [0.717, 1.165) is 66.6 Å². The number of likely N-dealkylation sites (tertiary alicyclic amines) is 1. The first kappa shape index (κ1) is 25.1. The lowest BCUT2D eigenvalue weighted by Crippen LogP contribution is -2.44. The van der Waals surface area contributed by atoms with Crippen LogP contribution in [-0.2, 0) is 0 Å². The van der Waals surface area contributed by atoms with E-state index in [1.54, 1.807) is 18.4 Å². The maximum Gasteiger partial charge on any atom is 0.275 e. The van der Waals surface area contributed by atoms with Crippen molar-refractivity contribution in [2.45, 2.75) is 38.5 Å². The van der Waals surface area contributed by atoms with Gasteiger partial charge in [-0.25, -0.2) is 4.98 Å². The summed E-state index contributed by atoms with van der Waals surface area (Å²) in [5.74, 6) is 0.831. The largest absolute Gasteiger partial charge is 0.497 e. The topological polar surface area (TPSA) is 66.5 Å². The van der Waals surface area contributed by atoms with Crippen molar-refractivity contribution in [3.8, 4) is 16.9 Å². The Kier molecular flexibility index (Phi) is 8.71. The fourth-order valence-corrected chi connectivity index (χ4v) is 5.46. The molecule has 0 bridgehead atoms. The number of carbonyl (C=O) groups excluding carboxylic acids is 1. The molecule has 1 fully saturated rings. The smallest absolute Gasteiger partial charge is 0.275 e. The Labute approximate surface area is 216 Å². The lowest BCUT2D eigenvalue weighted by atomic mass is 9.98. The molecule has 1 aliphatic rings. The molecule has 0 saturated carbocycles. The molecule has 1 aromatic heterocycles. The number of nitrogens with one attached hydrogen (secondary N) is 2. The molecule has 8 heteroatoms. The van der Waals surface area contributed by atoms with Crippen molar-refractivity contribution < 1.29 is 9.53 Å². The van der Waals surface area contributed by atoms with Gasteiger partial charge in [0.25, 0.3) is 5.91 Å². The minimum Gasteiger partial charge on any atom is -0.497 e. The first-order valence-electron chi connectivity index (χ1n) is 12.1. The Morgan fingerprint density at radius 2 is 1.97 bits per heavy atom. The van der Waals surface area contributed by atoms with Crippen molar-refractivity contribution in [1.29, 1.82) is 0 Å². The van der Waals surface area contributed by atoms with Crippen LogP contribution < -0.4 is 15.4 Å². The summed E-state index contributed by atoms with van der Waals surface area (Å²) in [6.07, 6.45) is 4.25. The van der Waals surface area contributed by atoms with Gasteiger partial charge in [0.15, 0.2) is 5.11 Å². The third-order valence-corrected chi connectivity index (χ3v) is 7.66. The number of hydrogen-bond donors (Lipinski definition) is 2. The summed E-state index contributed by atoms with van der Waals surface area (Å²) in [5, 5.41) is 10.1. The Balaban J connectivity index is 1.40. The average molecular weight is 509 g/mol. The van der Waals surface area contributed by atoms with Crippen LogP contribution in [-0.4, -0.2) is 47.6 Å². The number of ether oxygens (including phenoxy) is 1. The summed E-state index contributed by atoms with van der Waals surface area (Å²) >= 11 is 7.11. The van der Waals surface area contributed by atoms with Crippen LogP contribution in [0.4, 0.5) is 5.69 Å². The van der Waals surface area contributed by atoms with Crippen molar-refractivity contribution >= 4 is 40.3 Å². The van der Waals surface area contributed by atoms with Gasteiger partial charge < -0.3 is 20.3 Å². The molecule has 1 saturated heterocycles. The van der Waals surface area contributed by atoms with Gasteiger partial charge in [-0.3, -0.25) is 4.79 Å². The third kappa shape index (κ3) is 6.38. The highest BCUT2D eigenvalue weighted by atomic mass is 32.1. The highest BCUT2D eigenvalue weighted by Crippen LogP contribution is 2.33. The Bertz CT molecular complexity index is 1140. The summed E-state index contributed by atoms with van der Waals surface area (Å²) in [6.45, 7) is 4.93. The standard InChI is InChI=1S/C27H32N4O2S2/c1-3-4-14-28-27(34)31-15-12-20(13-16-31)26-30-24(18-35-26)25(32)29-23-17-21(33-2)10-11-22(23)19-8-6-5-7-9-19/h5-11,17-18,20H,3-4,12-16H2,1-2H3,(H,28,34)(H,29,32). The molecular weight excluding hydrogens is 476 g/mol. The minimum atomic E-state index is -0.211. The van der Waals surface area contributed by atoms with E-state index in [4.69, 9.17) is 21.9 Å². The number of amides is 1. The highest BCUT2D eigenvalue weighted by molar-refractivity contribution is 7.80. The fourth-order valence-electron chi connectivity index (χ4n) is 4.20. The molecule has 0 radical (unpaired) electrons. The molecule has 184 valence electrons. The molecule has 0 atom stereocenters. The van der Waals surface area contributed by atoms with Crippen molar-refractivity contribution in [3.05, 3.63) is 64.6 Å². The van der Waals surface area contributed by atoms with Gasteiger partial charge in [-0.1, -0.05) is 43.7 Å². The molecule has 1 amide bonds. The normalized spacial score (nSPS) is 13.9. The summed E-state index contributed by atoms with van der Waals surface area (Å²) < 4.78 is 5.39. The van der Waals surface area contributed by atoms with Gasteiger partial charge in [0.1, 0.15) is 11.4 Å². The van der Waals surface area contributed by atoms with Gasteiger partial charge in [-0.15, -0.1) is 11.3 Å². The van der Waals surface area contributed by atoms with E-state index in [0.29, 0.717) is 23.0 Å². The molecule has 1 aliphatic heterocycles. The number of benzene rings is 2. The second-order valence-electron chi connectivity index (χ2n) is 8.65. The van der Waals surface area contributed by atoms with E-state index in [2.05, 4.69) is 22.5 Å². The molecule has 0 spiro atoms. The molecule has 2 N–H and O–H groups in total. The van der Waals surface area contributed by atoms with Gasteiger partial charge in [0.2, 0.25) is 0 Å². The van der Waals surface area contributed by atoms with Gasteiger partial charge in [0, 0.05) is 42.6 Å². The molecule has 6 nitrogen and oxygen atoms in total. The Hall–Kier alpha value is -2.97. The number of carbonyl (C=O) groups is 1. The van der Waals surface area contributed by atoms with E-state index < -0.39 is 0 Å². The Morgan fingerprint density at radius 3 is 2.69 bits per heavy atom. The highest BCUT2D eigenvalue weighted by Gasteiger charge is 2.25. The number of aromatic nitrogens is 1. The predicted octanol–water partition coefficient (Wildman–Crippen LogP) is 5.93. The number of thiazole rings is 1. The third-order valence-electron chi connectivity index (χ3n) is 6.25. The van der Waals surface area contributed by atoms with E-state index in [1.165, 1.54) is 0 Å². The van der Waals surface area contributed by atoms with E-state index in [1.807, 2.05) is 53.9 Å². The molecule has 4 rings (SSSR count). The summed E-state index contributed by atoms with van der Waals surface area (Å²) in [6, 6.07) is 15.7. The molecule has 0 unspecified atom stereocenters. The minimum absolute atomic E-state index is 0.211. The SMILES string of the molecule is CCCCNC(=S)N1CCC(c2nc(C(=O)Nc3cc(OC)ccc3-c3ccccc3)cs2)CC1. The van der Waals surface area contributed by atoms with Crippen LogP contribution in [0.15, 0.2) is 53.9 Å². The molecule has 3 aromatic rings. The predicted molar refractivity (Wildman–Crippen MR) is 148 cm³/mol. The zero-order valence-corrected chi connectivity index (χ0v) is 21.9. The lowest BCUT2D eigenvalue weighted by Gasteiger charge is -2.33. The summed E-state index contributed by atoms with van der Waals surface area (Å²) in [5.41, 5.74) is 3.11. The quantitative estimate of drug-likeness (QED) is 0.291.